The minimum Gasteiger partial charge on any atom is -0.495 e. The standard InChI is InChI=1S/C13H13N5O2/c1-18-12-9(6-17-18)13(16-7-15-12)20-8-3-4-11(19-2)10(14)5-8/h3-7H,14H2,1-2H3. The minimum atomic E-state index is 0.438. The van der Waals surface area contributed by atoms with Gasteiger partial charge in [-0.2, -0.15) is 5.10 Å². The normalized spacial score (nSPS) is 10.7. The number of aromatic nitrogens is 4. The fourth-order valence-electron chi connectivity index (χ4n) is 1.91. The summed E-state index contributed by atoms with van der Waals surface area (Å²) in [6.45, 7) is 0. The molecule has 0 saturated carbocycles. The Balaban J connectivity index is 1.99. The average molecular weight is 271 g/mol. The van der Waals surface area contributed by atoms with E-state index in [0.29, 0.717) is 28.7 Å². The first-order valence-electron chi connectivity index (χ1n) is 5.93. The molecule has 2 N–H and O–H groups in total. The van der Waals surface area contributed by atoms with Gasteiger partial charge in [0.05, 0.1) is 19.0 Å². The molecule has 1 aromatic carbocycles. The van der Waals surface area contributed by atoms with Crippen molar-refractivity contribution >= 4 is 16.7 Å². The van der Waals surface area contributed by atoms with Crippen molar-refractivity contribution in [2.75, 3.05) is 12.8 Å². The lowest BCUT2D eigenvalue weighted by atomic mass is 10.3. The number of methoxy groups -OCH3 is 1. The van der Waals surface area contributed by atoms with E-state index in [9.17, 15) is 0 Å². The highest BCUT2D eigenvalue weighted by atomic mass is 16.5. The highest BCUT2D eigenvalue weighted by Gasteiger charge is 2.10. The molecule has 0 saturated heterocycles. The van der Waals surface area contributed by atoms with Crippen molar-refractivity contribution in [3.8, 4) is 17.4 Å². The fraction of sp³-hybridized carbons (Fsp3) is 0.154. The Morgan fingerprint density at radius 2 is 2.10 bits per heavy atom. The van der Waals surface area contributed by atoms with E-state index in [-0.39, 0.29) is 0 Å². The summed E-state index contributed by atoms with van der Waals surface area (Å²) in [5.41, 5.74) is 7.05. The number of anilines is 1. The molecular weight excluding hydrogens is 258 g/mol. The molecule has 0 radical (unpaired) electrons. The molecule has 0 bridgehead atoms. The Hall–Kier alpha value is -2.83. The minimum absolute atomic E-state index is 0.438. The Bertz CT molecular complexity index is 769. The zero-order valence-electron chi connectivity index (χ0n) is 11.1. The van der Waals surface area contributed by atoms with Crippen LogP contribution in [0.5, 0.6) is 17.4 Å². The van der Waals surface area contributed by atoms with E-state index in [1.165, 1.54) is 6.33 Å². The molecule has 0 aliphatic heterocycles. The van der Waals surface area contributed by atoms with Crippen molar-refractivity contribution in [2.45, 2.75) is 0 Å². The Kier molecular flexibility index (Phi) is 2.86. The van der Waals surface area contributed by atoms with Gasteiger partial charge in [0, 0.05) is 13.1 Å². The number of rotatable bonds is 3. The van der Waals surface area contributed by atoms with Crippen LogP contribution in [0.3, 0.4) is 0 Å². The van der Waals surface area contributed by atoms with E-state index in [4.69, 9.17) is 15.2 Å². The third-order valence-electron chi connectivity index (χ3n) is 2.91. The van der Waals surface area contributed by atoms with Gasteiger partial charge < -0.3 is 15.2 Å². The molecule has 0 aliphatic rings. The maximum atomic E-state index is 5.85. The summed E-state index contributed by atoms with van der Waals surface area (Å²) in [5.74, 6) is 1.62. The second kappa shape index (κ2) is 4.69. The molecular formula is C13H13N5O2. The van der Waals surface area contributed by atoms with Gasteiger partial charge in [-0.05, 0) is 12.1 Å². The molecule has 0 aliphatic carbocycles. The molecule has 3 aromatic rings. The average Bonchev–Trinajstić information content (AvgIpc) is 2.82. The number of nitrogens with zero attached hydrogens (tertiary/aromatic N) is 4. The van der Waals surface area contributed by atoms with Gasteiger partial charge in [0.15, 0.2) is 5.65 Å². The van der Waals surface area contributed by atoms with E-state index in [1.807, 2.05) is 7.05 Å². The molecule has 7 nitrogen and oxygen atoms in total. The number of nitrogens with two attached hydrogens (primary N) is 1. The molecule has 20 heavy (non-hydrogen) atoms. The van der Waals surface area contributed by atoms with Gasteiger partial charge in [-0.25, -0.2) is 9.97 Å². The quantitative estimate of drug-likeness (QED) is 0.730. The van der Waals surface area contributed by atoms with Crippen LogP contribution in [-0.2, 0) is 7.05 Å². The zero-order valence-corrected chi connectivity index (χ0v) is 11.1. The zero-order chi connectivity index (χ0) is 14.1. The van der Waals surface area contributed by atoms with Gasteiger partial charge in [0.2, 0.25) is 5.88 Å². The summed E-state index contributed by atoms with van der Waals surface area (Å²) in [7, 11) is 3.38. The van der Waals surface area contributed by atoms with Gasteiger partial charge in [-0.1, -0.05) is 0 Å². The summed E-state index contributed by atoms with van der Waals surface area (Å²) in [4.78, 5) is 8.28. The maximum Gasteiger partial charge on any atom is 0.233 e. The molecule has 102 valence electrons. The number of aryl methyl sites for hydroxylation is 1. The molecule has 2 aromatic heterocycles. The van der Waals surface area contributed by atoms with E-state index < -0.39 is 0 Å². The smallest absolute Gasteiger partial charge is 0.233 e. The summed E-state index contributed by atoms with van der Waals surface area (Å²) in [6.07, 6.45) is 3.10. The second-order valence-electron chi connectivity index (χ2n) is 4.19. The van der Waals surface area contributed by atoms with Crippen LogP contribution in [0.15, 0.2) is 30.7 Å². The number of hydrogen-bond acceptors (Lipinski definition) is 6. The van der Waals surface area contributed by atoms with Crippen LogP contribution in [0.25, 0.3) is 11.0 Å². The van der Waals surface area contributed by atoms with E-state index in [1.54, 1.807) is 36.2 Å². The van der Waals surface area contributed by atoms with Gasteiger partial charge in [0.25, 0.3) is 0 Å². The summed E-state index contributed by atoms with van der Waals surface area (Å²) in [5, 5.41) is 4.87. The van der Waals surface area contributed by atoms with Crippen LogP contribution in [0.2, 0.25) is 0 Å². The molecule has 7 heteroatoms. The van der Waals surface area contributed by atoms with Crippen LogP contribution in [0, 0.1) is 0 Å². The van der Waals surface area contributed by atoms with E-state index in [2.05, 4.69) is 15.1 Å². The lowest BCUT2D eigenvalue weighted by Gasteiger charge is -2.08. The lowest BCUT2D eigenvalue weighted by Crippen LogP contribution is -1.96. The summed E-state index contributed by atoms with van der Waals surface area (Å²) in [6, 6.07) is 5.19. The van der Waals surface area contributed by atoms with Gasteiger partial charge >= 0.3 is 0 Å². The predicted octanol–water partition coefficient (Wildman–Crippen LogP) is 1.75. The number of hydrogen-bond donors (Lipinski definition) is 1. The summed E-state index contributed by atoms with van der Waals surface area (Å²) >= 11 is 0. The van der Waals surface area contributed by atoms with Crippen LogP contribution in [0.1, 0.15) is 0 Å². The highest BCUT2D eigenvalue weighted by Crippen LogP contribution is 2.30. The Labute approximate surface area is 115 Å². The third kappa shape index (κ3) is 1.99. The van der Waals surface area contributed by atoms with E-state index in [0.717, 1.165) is 5.39 Å². The molecule has 0 atom stereocenters. The SMILES string of the molecule is COc1ccc(Oc2ncnc3c2cnn3C)cc1N. The van der Waals surface area contributed by atoms with Gasteiger partial charge in [-0.15, -0.1) is 0 Å². The van der Waals surface area contributed by atoms with E-state index >= 15 is 0 Å². The number of ether oxygens (including phenoxy) is 2. The Morgan fingerprint density at radius 3 is 2.85 bits per heavy atom. The van der Waals surface area contributed by atoms with Crippen molar-refractivity contribution < 1.29 is 9.47 Å². The molecule has 0 spiro atoms. The van der Waals surface area contributed by atoms with Crippen molar-refractivity contribution in [3.05, 3.63) is 30.7 Å². The van der Waals surface area contributed by atoms with Gasteiger partial charge in [0.1, 0.15) is 23.2 Å². The third-order valence-corrected chi connectivity index (χ3v) is 2.91. The topological polar surface area (TPSA) is 88.1 Å². The van der Waals surface area contributed by atoms with Crippen molar-refractivity contribution in [1.29, 1.82) is 0 Å². The fourth-order valence-corrected chi connectivity index (χ4v) is 1.91. The molecule has 2 heterocycles. The van der Waals surface area contributed by atoms with Crippen LogP contribution in [-0.4, -0.2) is 26.9 Å². The monoisotopic (exact) mass is 271 g/mol. The van der Waals surface area contributed by atoms with Crippen molar-refractivity contribution in [3.63, 3.8) is 0 Å². The number of nitrogen functional groups attached to an aromatic ring is 1. The number of fused-ring (bicyclic) bond motifs is 1. The van der Waals surface area contributed by atoms with Crippen molar-refractivity contribution in [1.82, 2.24) is 19.7 Å². The molecule has 3 rings (SSSR count). The largest absolute Gasteiger partial charge is 0.495 e. The number of benzene rings is 1. The first-order chi connectivity index (χ1) is 9.69. The maximum absolute atomic E-state index is 5.85. The highest BCUT2D eigenvalue weighted by molar-refractivity contribution is 5.80. The Morgan fingerprint density at radius 1 is 1.25 bits per heavy atom. The molecule has 0 amide bonds. The summed E-state index contributed by atoms with van der Waals surface area (Å²) < 4.78 is 12.5. The second-order valence-corrected chi connectivity index (χ2v) is 4.19. The van der Waals surface area contributed by atoms with Crippen LogP contribution >= 0.6 is 0 Å². The molecule has 0 fully saturated rings. The predicted molar refractivity (Wildman–Crippen MR) is 73.8 cm³/mol. The van der Waals surface area contributed by atoms with Crippen molar-refractivity contribution in [2.24, 2.45) is 7.05 Å². The lowest BCUT2D eigenvalue weighted by molar-refractivity contribution is 0.414. The van der Waals surface area contributed by atoms with Crippen LogP contribution in [0.4, 0.5) is 5.69 Å². The molecule has 0 unspecified atom stereocenters. The first kappa shape index (κ1) is 12.2. The van der Waals surface area contributed by atoms with Crippen LogP contribution < -0.4 is 15.2 Å². The first-order valence-corrected chi connectivity index (χ1v) is 5.93. The van der Waals surface area contributed by atoms with Gasteiger partial charge in [-0.3, -0.25) is 4.68 Å².